The third kappa shape index (κ3) is 5.42. The maximum atomic E-state index is 12.8. The van der Waals surface area contributed by atoms with Crippen molar-refractivity contribution in [3.8, 4) is 0 Å². The van der Waals surface area contributed by atoms with E-state index in [-0.39, 0.29) is 17.5 Å². The lowest BCUT2D eigenvalue weighted by Crippen LogP contribution is -2.40. The molecule has 0 unspecified atom stereocenters. The first-order valence-corrected chi connectivity index (χ1v) is 11.3. The quantitative estimate of drug-likeness (QED) is 0.534. The molecular formula is C27H28F3N3O. The molecule has 1 N–H and O–H groups in total. The number of amides is 1. The minimum absolute atomic E-state index is 0.0667. The van der Waals surface area contributed by atoms with Gasteiger partial charge in [-0.1, -0.05) is 36.4 Å². The fourth-order valence-corrected chi connectivity index (χ4v) is 4.34. The van der Waals surface area contributed by atoms with Gasteiger partial charge in [0.15, 0.2) is 0 Å². The minimum Gasteiger partial charge on any atom is -0.378 e. The monoisotopic (exact) mass is 467 g/mol. The zero-order chi connectivity index (χ0) is 24.3. The van der Waals surface area contributed by atoms with E-state index in [9.17, 15) is 18.0 Å². The van der Waals surface area contributed by atoms with Crippen LogP contribution in [0, 0.1) is 0 Å². The fourth-order valence-electron chi connectivity index (χ4n) is 4.34. The molecular weight excluding hydrogens is 439 g/mol. The lowest BCUT2D eigenvalue weighted by molar-refractivity contribution is -0.137. The van der Waals surface area contributed by atoms with E-state index < -0.39 is 11.7 Å². The number of alkyl halides is 3. The van der Waals surface area contributed by atoms with E-state index in [1.165, 1.54) is 23.3 Å². The highest BCUT2D eigenvalue weighted by atomic mass is 19.4. The summed E-state index contributed by atoms with van der Waals surface area (Å²) in [5.74, 6) is -0.388. The van der Waals surface area contributed by atoms with Crippen molar-refractivity contribution in [3.05, 3.63) is 101 Å². The van der Waals surface area contributed by atoms with Crippen molar-refractivity contribution in [2.24, 2.45) is 0 Å². The van der Waals surface area contributed by atoms with Crippen molar-refractivity contribution < 1.29 is 18.0 Å². The van der Waals surface area contributed by atoms with Gasteiger partial charge in [-0.05, 0) is 59.5 Å². The fraction of sp³-hybridized carbons (Fsp3) is 0.296. The maximum Gasteiger partial charge on any atom is 0.416 e. The molecule has 4 rings (SSSR count). The average molecular weight is 468 g/mol. The van der Waals surface area contributed by atoms with Crippen LogP contribution in [0.25, 0.3) is 0 Å². The van der Waals surface area contributed by atoms with Crippen LogP contribution in [0.4, 0.5) is 18.9 Å². The second kappa shape index (κ2) is 9.89. The van der Waals surface area contributed by atoms with Gasteiger partial charge in [-0.3, -0.25) is 9.69 Å². The van der Waals surface area contributed by atoms with E-state index in [1.807, 2.05) is 25.1 Å². The van der Waals surface area contributed by atoms with Gasteiger partial charge in [0, 0.05) is 45.0 Å². The number of rotatable bonds is 6. The molecule has 0 fully saturated rings. The van der Waals surface area contributed by atoms with E-state index in [4.69, 9.17) is 0 Å². The van der Waals surface area contributed by atoms with Crippen LogP contribution in [0.3, 0.4) is 0 Å². The second-order valence-corrected chi connectivity index (χ2v) is 8.78. The van der Waals surface area contributed by atoms with E-state index in [0.29, 0.717) is 6.54 Å². The third-order valence-electron chi connectivity index (χ3n) is 6.33. The van der Waals surface area contributed by atoms with E-state index in [1.54, 1.807) is 0 Å². The third-order valence-corrected chi connectivity index (χ3v) is 6.33. The molecule has 0 saturated carbocycles. The largest absolute Gasteiger partial charge is 0.416 e. The van der Waals surface area contributed by atoms with Crippen LogP contribution in [-0.2, 0) is 19.1 Å². The van der Waals surface area contributed by atoms with E-state index in [0.717, 1.165) is 42.9 Å². The number of nitrogens with zero attached hydrogens (tertiary/aromatic N) is 2. The molecule has 0 radical (unpaired) electrons. The molecule has 1 atom stereocenters. The number of carbonyl (C=O) groups excluding carboxylic acids is 1. The highest BCUT2D eigenvalue weighted by molar-refractivity contribution is 5.94. The molecule has 0 aromatic heterocycles. The van der Waals surface area contributed by atoms with Gasteiger partial charge in [0.2, 0.25) is 0 Å². The Morgan fingerprint density at radius 1 is 0.971 bits per heavy atom. The van der Waals surface area contributed by atoms with Crippen LogP contribution >= 0.6 is 0 Å². The standard InChI is InChI=1S/C27H28F3N3O/c1-32(2)24-13-9-20(10-14-24)25(33-16-15-19-5-3-4-6-22(19)18-33)17-31-26(34)21-7-11-23(12-8-21)27(28,29)30/h3-14,25H,15-18H2,1-2H3,(H,31,34)/t25-/m0/s1. The predicted molar refractivity (Wildman–Crippen MR) is 128 cm³/mol. The van der Waals surface area contributed by atoms with Gasteiger partial charge in [-0.2, -0.15) is 13.2 Å². The molecule has 4 nitrogen and oxygen atoms in total. The molecule has 3 aromatic rings. The van der Waals surface area contributed by atoms with Gasteiger partial charge in [-0.15, -0.1) is 0 Å². The first-order chi connectivity index (χ1) is 16.2. The van der Waals surface area contributed by atoms with Gasteiger partial charge < -0.3 is 10.2 Å². The van der Waals surface area contributed by atoms with Crippen LogP contribution < -0.4 is 10.2 Å². The van der Waals surface area contributed by atoms with Crippen molar-refractivity contribution in [1.29, 1.82) is 0 Å². The molecule has 7 heteroatoms. The Kier molecular flexibility index (Phi) is 6.93. The molecule has 0 saturated heterocycles. The molecule has 1 aliphatic rings. The van der Waals surface area contributed by atoms with Crippen molar-refractivity contribution in [2.75, 3.05) is 32.1 Å². The van der Waals surface area contributed by atoms with Crippen LogP contribution in [0.15, 0.2) is 72.8 Å². The Hall–Kier alpha value is -3.32. The molecule has 34 heavy (non-hydrogen) atoms. The van der Waals surface area contributed by atoms with Crippen molar-refractivity contribution in [2.45, 2.75) is 25.2 Å². The highest BCUT2D eigenvalue weighted by Crippen LogP contribution is 2.30. The number of carbonyl (C=O) groups is 1. The summed E-state index contributed by atoms with van der Waals surface area (Å²) in [6.07, 6.45) is -3.50. The van der Waals surface area contributed by atoms with Crippen molar-refractivity contribution >= 4 is 11.6 Å². The van der Waals surface area contributed by atoms with Gasteiger partial charge in [-0.25, -0.2) is 0 Å². The summed E-state index contributed by atoms with van der Waals surface area (Å²) in [6, 6.07) is 20.9. The molecule has 0 aliphatic carbocycles. The van der Waals surface area contributed by atoms with Gasteiger partial charge in [0.1, 0.15) is 0 Å². The van der Waals surface area contributed by atoms with Gasteiger partial charge >= 0.3 is 6.18 Å². The van der Waals surface area contributed by atoms with Crippen LogP contribution in [0.2, 0.25) is 0 Å². The molecule has 1 aliphatic heterocycles. The molecule has 0 spiro atoms. The Morgan fingerprint density at radius 3 is 2.24 bits per heavy atom. The molecule has 1 amide bonds. The normalized spacial score (nSPS) is 14.9. The van der Waals surface area contributed by atoms with Crippen LogP contribution in [-0.4, -0.2) is 38.0 Å². The van der Waals surface area contributed by atoms with Crippen LogP contribution in [0.5, 0.6) is 0 Å². The summed E-state index contributed by atoms with van der Waals surface area (Å²) in [4.78, 5) is 17.1. The molecule has 3 aromatic carbocycles. The number of hydrogen-bond donors (Lipinski definition) is 1. The smallest absolute Gasteiger partial charge is 0.378 e. The average Bonchev–Trinajstić information content (AvgIpc) is 2.84. The summed E-state index contributed by atoms with van der Waals surface area (Å²) < 4.78 is 38.5. The summed E-state index contributed by atoms with van der Waals surface area (Å²) in [5, 5.41) is 2.94. The number of benzene rings is 3. The number of hydrogen-bond acceptors (Lipinski definition) is 3. The summed E-state index contributed by atoms with van der Waals surface area (Å²) in [5.41, 5.74) is 4.22. The van der Waals surface area contributed by atoms with Crippen LogP contribution in [0.1, 0.15) is 38.7 Å². The first kappa shape index (κ1) is 23.8. The number of fused-ring (bicyclic) bond motifs is 1. The van der Waals surface area contributed by atoms with E-state index >= 15 is 0 Å². The number of anilines is 1. The Morgan fingerprint density at radius 2 is 1.62 bits per heavy atom. The lowest BCUT2D eigenvalue weighted by Gasteiger charge is -2.36. The Labute approximate surface area is 198 Å². The predicted octanol–water partition coefficient (Wildman–Crippen LogP) is 5.30. The molecule has 178 valence electrons. The molecule has 0 bridgehead atoms. The van der Waals surface area contributed by atoms with Gasteiger partial charge in [0.25, 0.3) is 5.91 Å². The minimum atomic E-state index is -4.43. The van der Waals surface area contributed by atoms with Crippen molar-refractivity contribution in [1.82, 2.24) is 10.2 Å². The Bertz CT molecular complexity index is 1130. The van der Waals surface area contributed by atoms with Crippen molar-refractivity contribution in [3.63, 3.8) is 0 Å². The second-order valence-electron chi connectivity index (χ2n) is 8.78. The first-order valence-electron chi connectivity index (χ1n) is 11.3. The molecule has 1 heterocycles. The lowest BCUT2D eigenvalue weighted by atomic mass is 9.96. The Balaban J connectivity index is 1.53. The summed E-state index contributed by atoms with van der Waals surface area (Å²) >= 11 is 0. The topological polar surface area (TPSA) is 35.6 Å². The number of nitrogens with one attached hydrogen (secondary N) is 1. The van der Waals surface area contributed by atoms with E-state index in [2.05, 4.69) is 52.7 Å². The SMILES string of the molecule is CN(C)c1ccc([C@H](CNC(=O)c2ccc(C(F)(F)F)cc2)N2CCc3ccccc3C2)cc1. The maximum absolute atomic E-state index is 12.8. The number of halogens is 3. The summed E-state index contributed by atoms with van der Waals surface area (Å²) in [6.45, 7) is 1.98. The zero-order valence-electron chi connectivity index (χ0n) is 19.3. The van der Waals surface area contributed by atoms with Gasteiger partial charge in [0.05, 0.1) is 11.6 Å². The highest BCUT2D eigenvalue weighted by Gasteiger charge is 2.30. The summed E-state index contributed by atoms with van der Waals surface area (Å²) in [7, 11) is 3.97. The zero-order valence-corrected chi connectivity index (χ0v) is 19.3.